The molecule has 0 fully saturated rings. The van der Waals surface area contributed by atoms with E-state index in [1.165, 1.54) is 63.7 Å². The molecular formula is C74H65Cl2O4P3Ru+2. The van der Waals surface area contributed by atoms with Crippen molar-refractivity contribution in [3.8, 4) is 0 Å². The van der Waals surface area contributed by atoms with E-state index in [2.05, 4.69) is 364 Å². The number of hydrogen-bond donors (Lipinski definition) is 0. The third kappa shape index (κ3) is 15.5. The molecule has 0 aromatic heterocycles. The summed E-state index contributed by atoms with van der Waals surface area (Å²) in [7, 11) is -5.72. The molecule has 12 aromatic carbocycles. The van der Waals surface area contributed by atoms with Crippen molar-refractivity contribution >= 4 is 116 Å². The second-order valence-corrected chi connectivity index (χ2v) is 29.1. The molecule has 0 bridgehead atoms. The van der Waals surface area contributed by atoms with E-state index in [0.29, 0.717) is 0 Å². The van der Waals surface area contributed by atoms with Gasteiger partial charge in [-0.2, -0.15) is 0 Å². The van der Waals surface area contributed by atoms with Gasteiger partial charge < -0.3 is 9.90 Å². The Labute approximate surface area is 517 Å². The molecule has 0 unspecified atom stereocenters. The Bertz CT molecular complexity index is 2900. The zero-order valence-electron chi connectivity index (χ0n) is 46.3. The molecule has 12 aromatic rings. The van der Waals surface area contributed by atoms with Crippen LogP contribution in [0.3, 0.4) is 0 Å². The molecule has 0 saturated carbocycles. The van der Waals surface area contributed by atoms with Crippen molar-refractivity contribution in [2.75, 3.05) is 0 Å². The second kappa shape index (κ2) is 34.1. The predicted octanol–water partition coefficient (Wildman–Crippen LogP) is 12.3. The Morgan fingerprint density at radius 3 is 0.345 bits per heavy atom. The molecule has 0 saturated heterocycles. The van der Waals surface area contributed by atoms with Crippen LogP contribution in [0.25, 0.3) is 0 Å². The van der Waals surface area contributed by atoms with E-state index in [-0.39, 0.29) is 24.8 Å². The van der Waals surface area contributed by atoms with Crippen LogP contribution in [0.2, 0.25) is 0 Å². The molecule has 12 rings (SSSR count). The van der Waals surface area contributed by atoms with Crippen molar-refractivity contribution in [2.45, 2.75) is 6.92 Å². The average Bonchev–Trinajstić information content (AvgIpc) is 3.71. The Morgan fingerprint density at radius 1 is 0.226 bits per heavy atom. The minimum Gasteiger partial charge on any atom is -0.0620 e. The van der Waals surface area contributed by atoms with Gasteiger partial charge in [0.2, 0.25) is 0 Å². The van der Waals surface area contributed by atoms with E-state index in [4.69, 9.17) is 17.0 Å². The largest absolute Gasteiger partial charge is 0.144 e. The zero-order chi connectivity index (χ0) is 57.1. The van der Waals surface area contributed by atoms with Crippen LogP contribution < -0.4 is 68.8 Å². The fraction of sp³-hybridized carbons (Fsp3) is 0.0135. The fourth-order valence-corrected chi connectivity index (χ4v) is 23.3. The molecule has 0 atom stereocenters. The van der Waals surface area contributed by atoms with Gasteiger partial charge in [0.15, 0.2) is 0 Å². The minimum absolute atomic E-state index is 0. The van der Waals surface area contributed by atoms with Gasteiger partial charge in [-0.1, -0.05) is 218 Å². The molecular weight excluding hydrogens is 1220 g/mol. The first kappa shape index (κ1) is 65.4. The van der Waals surface area contributed by atoms with E-state index in [0.717, 1.165) is 6.92 Å². The van der Waals surface area contributed by atoms with Gasteiger partial charge in [0.1, 0.15) is 85.4 Å². The van der Waals surface area contributed by atoms with Gasteiger partial charge in [0.25, 0.3) is 0 Å². The first-order valence-corrected chi connectivity index (χ1v) is 33.6. The van der Waals surface area contributed by atoms with Crippen LogP contribution in [-0.4, -0.2) is 5.97 Å². The van der Waals surface area contributed by atoms with Crippen LogP contribution in [0.4, 0.5) is 0 Å². The van der Waals surface area contributed by atoms with Gasteiger partial charge in [0, 0.05) is 5.97 Å². The maximum Gasteiger partial charge on any atom is 0.144 e. The molecule has 10 heteroatoms. The van der Waals surface area contributed by atoms with E-state index in [1.807, 2.05) is 0 Å². The molecule has 0 spiro atoms. The molecule has 0 heterocycles. The normalized spacial score (nSPS) is 10.5. The van der Waals surface area contributed by atoms with Gasteiger partial charge in [-0.3, -0.25) is 0 Å². The number of halogens is 2. The van der Waals surface area contributed by atoms with Crippen LogP contribution in [0.15, 0.2) is 364 Å². The summed E-state index contributed by atoms with van der Waals surface area (Å²) in [5, 5.41) is 25.5. The fourth-order valence-electron chi connectivity index (χ4n) is 10.5. The van der Waals surface area contributed by atoms with Crippen molar-refractivity contribution in [1.82, 2.24) is 0 Å². The number of carbonyl (C=O) groups excluding carboxylic acids is 1. The number of hydrogen-bond acceptors (Lipinski definition) is 4. The predicted molar refractivity (Wildman–Crippen MR) is 360 cm³/mol. The number of aliphatic carboxylic acids is 1. The van der Waals surface area contributed by atoms with Gasteiger partial charge >= 0.3 is 24.2 Å². The third-order valence-electron chi connectivity index (χ3n) is 13.7. The van der Waals surface area contributed by atoms with E-state index >= 15 is 0 Å². The number of rotatable bonds is 12. The van der Waals surface area contributed by atoms with E-state index in [1.54, 1.807) is 0 Å². The van der Waals surface area contributed by atoms with Gasteiger partial charge in [-0.05, 0) is 153 Å². The monoisotopic (exact) mass is 1280 g/mol. The maximum absolute atomic E-state index is 8.89. The second-order valence-electron chi connectivity index (χ2n) is 18.6. The van der Waals surface area contributed by atoms with E-state index in [9.17, 15) is 0 Å². The Balaban J connectivity index is 0.000000189. The molecule has 0 radical (unpaired) electrons. The molecule has 4 nitrogen and oxygen atoms in total. The van der Waals surface area contributed by atoms with Gasteiger partial charge in [-0.15, -0.1) is 24.8 Å². The summed E-state index contributed by atoms with van der Waals surface area (Å²) < 4.78 is 16.9. The summed E-state index contributed by atoms with van der Waals surface area (Å²) >= 11 is -1.79. The Morgan fingerprint density at radius 2 is 0.286 bits per heavy atom. The number of benzene rings is 12. The molecule has 0 N–H and O–H groups in total. The summed E-state index contributed by atoms with van der Waals surface area (Å²) in [6.07, 6.45) is 0. The van der Waals surface area contributed by atoms with Crippen LogP contribution in [0.5, 0.6) is 0 Å². The average molecular weight is 1280 g/mol. The molecule has 0 aliphatic carbocycles. The molecule has 0 amide bonds. The number of carbonyl (C=O) groups is 1. The Kier molecular flexibility index (Phi) is 26.5. The van der Waals surface area contributed by atoms with Gasteiger partial charge in [0.05, 0.1) is 0 Å². The van der Waals surface area contributed by atoms with Crippen molar-refractivity contribution in [3.05, 3.63) is 364 Å². The first-order chi connectivity index (χ1) is 40.4. The van der Waals surface area contributed by atoms with Gasteiger partial charge in [-0.25, -0.2) is 0 Å². The summed E-state index contributed by atoms with van der Waals surface area (Å²) in [6, 6.07) is 131. The van der Waals surface area contributed by atoms with Crippen molar-refractivity contribution in [1.29, 1.82) is 0 Å². The summed E-state index contributed by atoms with van der Waals surface area (Å²) in [5.74, 6) is -1.08. The summed E-state index contributed by atoms with van der Waals surface area (Å²) in [6.45, 7) is 0.972. The van der Waals surface area contributed by atoms with Crippen LogP contribution >= 0.6 is 46.6 Å². The SMILES string of the molecule is CC(=O)[O-].Cl.Cl.[O]=[Ru]=[O].c1ccc([P+](c2ccccc2)(c2ccccc2)c2ccccc2)cc1.c1ccc([P+](c2ccccc2)(c2ccccc2)c2ccccc2)cc1.c1ccc([P+](c2ccccc2)(c2ccccc2)c2ccccc2)cc1. The van der Waals surface area contributed by atoms with Crippen LogP contribution in [-0.2, 0) is 29.0 Å². The standard InChI is InChI=1S/3C24H20P.C2H4O2.2ClH.2O.Ru/c3*1-5-13-21(14-6-1)25(22-15-7-2-8-16-22,23-17-9-3-10-18-23)24-19-11-4-12-20-24;1-2(3)4;;;;;/h3*1-20H;1H3,(H,3,4);2*1H;;;/q3*+1;;;;;;/p-1. The van der Waals surface area contributed by atoms with E-state index < -0.39 is 44.8 Å². The van der Waals surface area contributed by atoms with Crippen molar-refractivity contribution in [2.24, 2.45) is 0 Å². The molecule has 84 heavy (non-hydrogen) atoms. The quantitative estimate of drug-likeness (QED) is 0.0902. The number of carboxylic acid groups (broad SMARTS) is 1. The van der Waals surface area contributed by atoms with Crippen molar-refractivity contribution in [3.63, 3.8) is 0 Å². The van der Waals surface area contributed by atoms with Crippen molar-refractivity contribution < 1.29 is 34.1 Å². The summed E-state index contributed by atoms with van der Waals surface area (Å²) in [5.41, 5.74) is 0. The molecule has 0 aliphatic heterocycles. The maximum atomic E-state index is 8.89. The molecule has 0 aliphatic rings. The summed E-state index contributed by atoms with van der Waals surface area (Å²) in [4.78, 5) is 8.89. The third-order valence-corrected chi connectivity index (χ3v) is 26.6. The smallest absolute Gasteiger partial charge is 0.0620 e. The zero-order valence-corrected chi connectivity index (χ0v) is 52.3. The van der Waals surface area contributed by atoms with Crippen LogP contribution in [0, 0.1) is 0 Å². The van der Waals surface area contributed by atoms with Crippen LogP contribution in [0.1, 0.15) is 6.92 Å². The molecule has 420 valence electrons. The topological polar surface area (TPSA) is 74.3 Å². The Hall–Kier alpha value is -7.80. The first-order valence-electron chi connectivity index (χ1n) is 26.8. The minimum atomic E-state index is -1.91. The number of carboxylic acids is 1.